The fourth-order valence-corrected chi connectivity index (χ4v) is 1.54. The van der Waals surface area contributed by atoms with Gasteiger partial charge in [0, 0.05) is 11.6 Å². The minimum absolute atomic E-state index is 0.157. The molecule has 0 bridgehead atoms. The van der Waals surface area contributed by atoms with Gasteiger partial charge >= 0.3 is 0 Å². The summed E-state index contributed by atoms with van der Waals surface area (Å²) in [6, 6.07) is 7.09. The third-order valence-electron chi connectivity index (χ3n) is 2.31. The highest BCUT2D eigenvalue weighted by Crippen LogP contribution is 2.27. The summed E-state index contributed by atoms with van der Waals surface area (Å²) in [5, 5.41) is 0. The van der Waals surface area contributed by atoms with Crippen LogP contribution in [0.25, 0.3) is 6.08 Å². The van der Waals surface area contributed by atoms with Crippen molar-refractivity contribution in [2.75, 3.05) is 0 Å². The first kappa shape index (κ1) is 8.45. The lowest BCUT2D eigenvalue weighted by atomic mass is 9.86. The van der Waals surface area contributed by atoms with Crippen LogP contribution in [0.1, 0.15) is 18.4 Å². The molecule has 1 nitrogen and oxygen atoms in total. The van der Waals surface area contributed by atoms with Gasteiger partial charge in [-0.2, -0.15) is 0 Å². The van der Waals surface area contributed by atoms with Crippen LogP contribution in [0.15, 0.2) is 29.8 Å². The van der Waals surface area contributed by atoms with Crippen LogP contribution >= 0.6 is 0 Å². The number of nitrogens with two attached hydrogens (primary N) is 1. The first-order valence-electron chi connectivity index (χ1n) is 4.45. The van der Waals surface area contributed by atoms with Gasteiger partial charge in [-0.25, -0.2) is 4.39 Å². The Bertz CT molecular complexity index is 336. The average Bonchev–Trinajstić information content (AvgIpc) is 2.06. The second-order valence-electron chi connectivity index (χ2n) is 3.49. The van der Waals surface area contributed by atoms with Gasteiger partial charge in [-0.15, -0.1) is 0 Å². The molecule has 1 fully saturated rings. The largest absolute Gasteiger partial charge is 0.327 e. The molecule has 0 spiro atoms. The number of benzene rings is 1. The molecule has 1 aromatic rings. The molecule has 0 amide bonds. The molecule has 1 aliphatic rings. The van der Waals surface area contributed by atoms with Crippen molar-refractivity contribution in [3.63, 3.8) is 0 Å². The smallest absolute Gasteiger partial charge is 0.130 e. The zero-order valence-electron chi connectivity index (χ0n) is 7.33. The first-order chi connectivity index (χ1) is 6.25. The Morgan fingerprint density at radius 2 is 2.00 bits per heavy atom. The molecule has 0 unspecified atom stereocenters. The van der Waals surface area contributed by atoms with E-state index < -0.39 is 0 Å². The molecule has 0 atom stereocenters. The number of rotatable bonds is 1. The minimum Gasteiger partial charge on any atom is -0.327 e. The Kier molecular flexibility index (Phi) is 2.15. The van der Waals surface area contributed by atoms with Crippen LogP contribution < -0.4 is 5.73 Å². The van der Waals surface area contributed by atoms with Gasteiger partial charge in [-0.1, -0.05) is 29.8 Å². The minimum atomic E-state index is -0.157. The molecule has 1 aliphatic carbocycles. The summed E-state index contributed by atoms with van der Waals surface area (Å²) in [4.78, 5) is 0. The summed E-state index contributed by atoms with van der Waals surface area (Å²) in [6.45, 7) is 0. The summed E-state index contributed by atoms with van der Waals surface area (Å²) < 4.78 is 13.1. The lowest BCUT2D eigenvalue weighted by molar-refractivity contribution is 0.546. The summed E-state index contributed by atoms with van der Waals surface area (Å²) in [5.74, 6) is -0.157. The van der Waals surface area contributed by atoms with Crippen molar-refractivity contribution in [2.24, 2.45) is 5.73 Å². The van der Waals surface area contributed by atoms with Crippen LogP contribution in [0.4, 0.5) is 4.39 Å². The van der Waals surface area contributed by atoms with Crippen LogP contribution in [0.2, 0.25) is 0 Å². The van der Waals surface area contributed by atoms with Crippen molar-refractivity contribution < 1.29 is 4.39 Å². The number of hydrogen-bond acceptors (Lipinski definition) is 1. The van der Waals surface area contributed by atoms with Crippen LogP contribution in [0, 0.1) is 5.82 Å². The highest BCUT2D eigenvalue weighted by molar-refractivity contribution is 5.55. The van der Waals surface area contributed by atoms with Crippen molar-refractivity contribution in [3.8, 4) is 0 Å². The molecule has 2 N–H and O–H groups in total. The summed E-state index contributed by atoms with van der Waals surface area (Å²) in [7, 11) is 0. The molecule has 13 heavy (non-hydrogen) atoms. The standard InChI is InChI=1S/C11H12FN/c12-11-4-2-1-3-9(11)5-8-6-10(13)7-8/h1-5,10H,6-7,13H2. The fraction of sp³-hybridized carbons (Fsp3) is 0.273. The van der Waals surface area contributed by atoms with Crippen LogP contribution in [0.5, 0.6) is 0 Å². The van der Waals surface area contributed by atoms with E-state index in [1.807, 2.05) is 12.1 Å². The normalized spacial score (nSPS) is 21.1. The van der Waals surface area contributed by atoms with Gasteiger partial charge in [0.25, 0.3) is 0 Å². The summed E-state index contributed by atoms with van der Waals surface area (Å²) in [5.41, 5.74) is 7.54. The molecule has 1 saturated carbocycles. The third kappa shape index (κ3) is 1.78. The summed E-state index contributed by atoms with van der Waals surface area (Å²) >= 11 is 0. The Morgan fingerprint density at radius 1 is 1.31 bits per heavy atom. The van der Waals surface area contributed by atoms with Crippen molar-refractivity contribution in [1.82, 2.24) is 0 Å². The zero-order valence-corrected chi connectivity index (χ0v) is 7.33. The first-order valence-corrected chi connectivity index (χ1v) is 4.45. The van der Waals surface area contributed by atoms with Gasteiger partial charge in [0.2, 0.25) is 0 Å². The molecule has 0 aliphatic heterocycles. The molecular weight excluding hydrogens is 165 g/mol. The second kappa shape index (κ2) is 3.30. The molecule has 2 heteroatoms. The van der Waals surface area contributed by atoms with Crippen molar-refractivity contribution in [1.29, 1.82) is 0 Å². The SMILES string of the molecule is NC1CC(=Cc2ccccc2F)C1. The molecule has 0 radical (unpaired) electrons. The average molecular weight is 177 g/mol. The summed E-state index contributed by atoms with van der Waals surface area (Å²) in [6.07, 6.45) is 3.72. The Balaban J connectivity index is 2.18. The van der Waals surface area contributed by atoms with Crippen molar-refractivity contribution >= 4 is 6.08 Å². The maximum atomic E-state index is 13.1. The quantitative estimate of drug-likeness (QED) is 0.700. The van der Waals surface area contributed by atoms with Crippen LogP contribution in [-0.2, 0) is 0 Å². The molecular formula is C11H12FN. The molecule has 1 aromatic carbocycles. The van der Waals surface area contributed by atoms with Gasteiger partial charge in [-0.3, -0.25) is 0 Å². The van der Waals surface area contributed by atoms with E-state index in [4.69, 9.17) is 5.73 Å². The van der Waals surface area contributed by atoms with Crippen molar-refractivity contribution in [3.05, 3.63) is 41.2 Å². The lowest BCUT2D eigenvalue weighted by Crippen LogP contribution is -2.29. The topological polar surface area (TPSA) is 26.0 Å². The molecule has 68 valence electrons. The predicted molar refractivity (Wildman–Crippen MR) is 51.6 cm³/mol. The van der Waals surface area contributed by atoms with E-state index in [0.717, 1.165) is 12.8 Å². The fourth-order valence-electron chi connectivity index (χ4n) is 1.54. The Labute approximate surface area is 77.1 Å². The van der Waals surface area contributed by atoms with E-state index in [9.17, 15) is 4.39 Å². The van der Waals surface area contributed by atoms with Gasteiger partial charge in [0.15, 0.2) is 0 Å². The van der Waals surface area contributed by atoms with Crippen LogP contribution in [-0.4, -0.2) is 6.04 Å². The maximum Gasteiger partial charge on any atom is 0.130 e. The lowest BCUT2D eigenvalue weighted by Gasteiger charge is -2.25. The van der Waals surface area contributed by atoms with E-state index in [-0.39, 0.29) is 11.9 Å². The highest BCUT2D eigenvalue weighted by atomic mass is 19.1. The van der Waals surface area contributed by atoms with Gasteiger partial charge < -0.3 is 5.73 Å². The monoisotopic (exact) mass is 177 g/mol. The Morgan fingerprint density at radius 3 is 2.62 bits per heavy atom. The zero-order chi connectivity index (χ0) is 9.26. The number of halogens is 1. The van der Waals surface area contributed by atoms with E-state index in [1.165, 1.54) is 11.6 Å². The van der Waals surface area contributed by atoms with Gasteiger partial charge in [0.1, 0.15) is 5.82 Å². The van der Waals surface area contributed by atoms with Crippen LogP contribution in [0.3, 0.4) is 0 Å². The highest BCUT2D eigenvalue weighted by Gasteiger charge is 2.18. The molecule has 0 aromatic heterocycles. The van der Waals surface area contributed by atoms with Crippen molar-refractivity contribution in [2.45, 2.75) is 18.9 Å². The van der Waals surface area contributed by atoms with Gasteiger partial charge in [0.05, 0.1) is 0 Å². The maximum absolute atomic E-state index is 13.1. The molecule has 0 heterocycles. The molecule has 0 saturated heterocycles. The number of hydrogen-bond donors (Lipinski definition) is 1. The second-order valence-corrected chi connectivity index (χ2v) is 3.49. The molecule has 2 rings (SSSR count). The predicted octanol–water partition coefficient (Wildman–Crippen LogP) is 2.33. The van der Waals surface area contributed by atoms with Gasteiger partial charge in [-0.05, 0) is 18.9 Å². The van der Waals surface area contributed by atoms with E-state index in [2.05, 4.69) is 0 Å². The van der Waals surface area contributed by atoms with E-state index >= 15 is 0 Å². The Hall–Kier alpha value is -1.15. The third-order valence-corrected chi connectivity index (χ3v) is 2.31. The van der Waals surface area contributed by atoms with E-state index in [0.29, 0.717) is 5.56 Å². The van der Waals surface area contributed by atoms with E-state index in [1.54, 1.807) is 12.1 Å².